The number of nitrogens with zero attached hydrogens (tertiary/aromatic N) is 1. The SMILES string of the molecule is C[N+]1(C)CCC(NC(=O)c2ccc(C#Cc3ccccc3)o2)CC1. The molecule has 0 bridgehead atoms. The zero-order valence-electron chi connectivity index (χ0n) is 14.2. The molecule has 124 valence electrons. The van der Waals surface area contributed by atoms with E-state index in [4.69, 9.17) is 4.42 Å². The van der Waals surface area contributed by atoms with Crippen molar-refractivity contribution in [3.63, 3.8) is 0 Å². The number of furan rings is 1. The molecule has 0 aliphatic carbocycles. The summed E-state index contributed by atoms with van der Waals surface area (Å²) in [5.74, 6) is 6.66. The fraction of sp³-hybridized carbons (Fsp3) is 0.350. The molecule has 1 aromatic carbocycles. The zero-order valence-corrected chi connectivity index (χ0v) is 14.2. The number of amides is 1. The molecule has 1 fully saturated rings. The van der Waals surface area contributed by atoms with E-state index in [1.54, 1.807) is 12.1 Å². The topological polar surface area (TPSA) is 42.2 Å². The van der Waals surface area contributed by atoms with Crippen LogP contribution in [0.3, 0.4) is 0 Å². The molecule has 2 aromatic rings. The predicted octanol–water partition coefficient (Wildman–Crippen LogP) is 2.65. The van der Waals surface area contributed by atoms with Crippen molar-refractivity contribution in [1.82, 2.24) is 5.32 Å². The molecule has 0 unspecified atom stereocenters. The second-order valence-electron chi connectivity index (χ2n) is 6.91. The van der Waals surface area contributed by atoms with Gasteiger partial charge >= 0.3 is 0 Å². The molecule has 1 aliphatic heterocycles. The van der Waals surface area contributed by atoms with E-state index in [2.05, 4.69) is 31.3 Å². The Labute approximate surface area is 143 Å². The number of piperidine rings is 1. The molecular formula is C20H23N2O2+. The third-order valence-electron chi connectivity index (χ3n) is 4.43. The minimum atomic E-state index is -0.153. The highest BCUT2D eigenvalue weighted by Crippen LogP contribution is 2.15. The molecule has 4 nitrogen and oxygen atoms in total. The molecular weight excluding hydrogens is 300 g/mol. The molecule has 1 aliphatic rings. The third kappa shape index (κ3) is 4.27. The van der Waals surface area contributed by atoms with Crippen LogP contribution in [0.25, 0.3) is 0 Å². The van der Waals surface area contributed by atoms with Gasteiger partial charge in [-0.25, -0.2) is 0 Å². The first-order valence-corrected chi connectivity index (χ1v) is 8.32. The zero-order chi connectivity index (χ0) is 17.0. The van der Waals surface area contributed by atoms with Crippen LogP contribution in [-0.4, -0.2) is 43.6 Å². The summed E-state index contributed by atoms with van der Waals surface area (Å²) in [5, 5.41) is 3.07. The van der Waals surface area contributed by atoms with E-state index in [-0.39, 0.29) is 11.9 Å². The van der Waals surface area contributed by atoms with Gasteiger partial charge < -0.3 is 14.2 Å². The number of carbonyl (C=O) groups excluding carboxylic acids is 1. The number of hydrogen-bond donors (Lipinski definition) is 1. The second kappa shape index (κ2) is 6.94. The highest BCUT2D eigenvalue weighted by atomic mass is 16.3. The predicted molar refractivity (Wildman–Crippen MR) is 93.5 cm³/mol. The Morgan fingerprint density at radius 1 is 1.08 bits per heavy atom. The number of likely N-dealkylation sites (tertiary alicyclic amines) is 1. The minimum absolute atomic E-state index is 0.153. The molecule has 0 saturated carbocycles. The third-order valence-corrected chi connectivity index (χ3v) is 4.43. The monoisotopic (exact) mass is 323 g/mol. The summed E-state index contributed by atoms with van der Waals surface area (Å²) in [6.07, 6.45) is 2.00. The van der Waals surface area contributed by atoms with Crippen molar-refractivity contribution in [3.8, 4) is 11.8 Å². The normalized spacial score (nSPS) is 16.9. The van der Waals surface area contributed by atoms with Crippen molar-refractivity contribution < 1.29 is 13.7 Å². The first-order chi connectivity index (χ1) is 11.5. The highest BCUT2D eigenvalue weighted by molar-refractivity contribution is 5.91. The van der Waals surface area contributed by atoms with Gasteiger partial charge in [-0.15, -0.1) is 0 Å². The van der Waals surface area contributed by atoms with Gasteiger partial charge in [0.15, 0.2) is 11.5 Å². The molecule has 0 radical (unpaired) electrons. The Kier molecular flexibility index (Phi) is 4.73. The average Bonchev–Trinajstić information content (AvgIpc) is 3.05. The molecule has 3 rings (SSSR count). The molecule has 1 amide bonds. The number of carbonyl (C=O) groups is 1. The Bertz CT molecular complexity index is 756. The van der Waals surface area contributed by atoms with Crippen LogP contribution in [0.1, 0.15) is 34.7 Å². The Morgan fingerprint density at radius 3 is 2.50 bits per heavy atom. The summed E-state index contributed by atoms with van der Waals surface area (Å²) < 4.78 is 6.58. The van der Waals surface area contributed by atoms with Gasteiger partial charge in [-0.1, -0.05) is 24.1 Å². The van der Waals surface area contributed by atoms with Gasteiger partial charge in [0.2, 0.25) is 0 Å². The Hall–Kier alpha value is -2.51. The maximum absolute atomic E-state index is 12.3. The van der Waals surface area contributed by atoms with Crippen LogP contribution in [0.4, 0.5) is 0 Å². The maximum Gasteiger partial charge on any atom is 0.287 e. The Morgan fingerprint density at radius 2 is 1.79 bits per heavy atom. The number of hydrogen-bond acceptors (Lipinski definition) is 2. The maximum atomic E-state index is 12.3. The van der Waals surface area contributed by atoms with Gasteiger partial charge in [0.05, 0.1) is 27.2 Å². The lowest BCUT2D eigenvalue weighted by Gasteiger charge is -2.37. The summed E-state index contributed by atoms with van der Waals surface area (Å²) >= 11 is 0. The number of nitrogens with one attached hydrogen (secondary N) is 1. The fourth-order valence-corrected chi connectivity index (χ4v) is 2.85. The number of rotatable bonds is 2. The van der Waals surface area contributed by atoms with Crippen molar-refractivity contribution in [2.24, 2.45) is 0 Å². The standard InChI is InChI=1S/C20H22N2O2/c1-22(2)14-12-17(13-15-22)21-20(23)19-11-10-18(24-19)9-8-16-6-4-3-5-7-16/h3-7,10-11,17H,12-15H2,1-2H3/p+1. The molecule has 1 saturated heterocycles. The summed E-state index contributed by atoms with van der Waals surface area (Å²) in [6, 6.07) is 13.4. The van der Waals surface area contributed by atoms with Crippen molar-refractivity contribution >= 4 is 5.91 Å². The highest BCUT2D eigenvalue weighted by Gasteiger charge is 2.27. The molecule has 1 N–H and O–H groups in total. The van der Waals surface area contributed by atoms with Crippen LogP contribution in [-0.2, 0) is 0 Å². The lowest BCUT2D eigenvalue weighted by atomic mass is 10.0. The first-order valence-electron chi connectivity index (χ1n) is 8.32. The van der Waals surface area contributed by atoms with Crippen molar-refractivity contribution in [1.29, 1.82) is 0 Å². The van der Waals surface area contributed by atoms with Crippen molar-refractivity contribution in [2.75, 3.05) is 27.2 Å². The van der Waals surface area contributed by atoms with Gasteiger partial charge in [-0.2, -0.15) is 0 Å². The molecule has 24 heavy (non-hydrogen) atoms. The molecule has 0 spiro atoms. The lowest BCUT2D eigenvalue weighted by Crippen LogP contribution is -2.51. The van der Waals surface area contributed by atoms with E-state index >= 15 is 0 Å². The van der Waals surface area contributed by atoms with E-state index in [1.165, 1.54) is 0 Å². The number of quaternary nitrogens is 1. The van der Waals surface area contributed by atoms with E-state index in [9.17, 15) is 4.79 Å². The average molecular weight is 323 g/mol. The number of benzene rings is 1. The van der Waals surface area contributed by atoms with Gasteiger partial charge in [0.1, 0.15) is 0 Å². The van der Waals surface area contributed by atoms with Gasteiger partial charge in [-0.05, 0) is 30.2 Å². The van der Waals surface area contributed by atoms with Gasteiger partial charge in [-0.3, -0.25) is 4.79 Å². The van der Waals surface area contributed by atoms with Crippen molar-refractivity contribution in [2.45, 2.75) is 18.9 Å². The minimum Gasteiger partial charge on any atom is -0.443 e. The van der Waals surface area contributed by atoms with Crippen LogP contribution >= 0.6 is 0 Å². The summed E-state index contributed by atoms with van der Waals surface area (Å²) in [6.45, 7) is 2.16. The van der Waals surface area contributed by atoms with E-state index < -0.39 is 0 Å². The quantitative estimate of drug-likeness (QED) is 0.682. The molecule has 0 atom stereocenters. The van der Waals surface area contributed by atoms with Crippen LogP contribution in [0, 0.1) is 11.8 Å². The van der Waals surface area contributed by atoms with E-state index in [0.29, 0.717) is 11.5 Å². The first kappa shape index (κ1) is 16.4. The van der Waals surface area contributed by atoms with Crippen molar-refractivity contribution in [3.05, 3.63) is 59.5 Å². The van der Waals surface area contributed by atoms with Gasteiger partial charge in [0.25, 0.3) is 5.91 Å². The molecule has 2 heterocycles. The van der Waals surface area contributed by atoms with E-state index in [1.807, 2.05) is 30.3 Å². The van der Waals surface area contributed by atoms with Crippen LogP contribution in [0.15, 0.2) is 46.9 Å². The fourth-order valence-electron chi connectivity index (χ4n) is 2.85. The summed E-state index contributed by atoms with van der Waals surface area (Å²) in [5.41, 5.74) is 0.919. The molecule has 1 aromatic heterocycles. The van der Waals surface area contributed by atoms with Crippen LogP contribution in [0.2, 0.25) is 0 Å². The second-order valence-corrected chi connectivity index (χ2v) is 6.91. The van der Waals surface area contributed by atoms with E-state index in [0.717, 1.165) is 36.0 Å². The van der Waals surface area contributed by atoms with Crippen LogP contribution in [0.5, 0.6) is 0 Å². The summed E-state index contributed by atoms with van der Waals surface area (Å²) in [4.78, 5) is 12.3. The molecule has 4 heteroatoms. The van der Waals surface area contributed by atoms with Gasteiger partial charge in [0, 0.05) is 24.4 Å². The smallest absolute Gasteiger partial charge is 0.287 e. The summed E-state index contributed by atoms with van der Waals surface area (Å²) in [7, 11) is 4.45. The Balaban J connectivity index is 1.59. The lowest BCUT2D eigenvalue weighted by molar-refractivity contribution is -0.895. The largest absolute Gasteiger partial charge is 0.443 e. The van der Waals surface area contributed by atoms with Crippen LogP contribution < -0.4 is 5.32 Å².